The molecule has 3 aromatic rings. The van der Waals surface area contributed by atoms with Crippen molar-refractivity contribution in [1.29, 1.82) is 0 Å². The van der Waals surface area contributed by atoms with E-state index in [9.17, 15) is 23.1 Å². The van der Waals surface area contributed by atoms with Crippen LogP contribution >= 0.6 is 0 Å². The third kappa shape index (κ3) is 4.03. The quantitative estimate of drug-likeness (QED) is 0.631. The van der Waals surface area contributed by atoms with Crippen LogP contribution in [0.4, 0.5) is 13.2 Å². The molecule has 7 heteroatoms. The van der Waals surface area contributed by atoms with E-state index in [1.54, 1.807) is 0 Å². The summed E-state index contributed by atoms with van der Waals surface area (Å²) < 4.78 is 39.1. The van der Waals surface area contributed by atoms with Crippen LogP contribution in [0.3, 0.4) is 0 Å². The molecule has 30 heavy (non-hydrogen) atoms. The van der Waals surface area contributed by atoms with Gasteiger partial charge in [-0.25, -0.2) is 0 Å². The van der Waals surface area contributed by atoms with Gasteiger partial charge in [0.2, 0.25) is 0 Å². The number of nitrogens with zero attached hydrogens (tertiary/aromatic N) is 2. The van der Waals surface area contributed by atoms with Crippen LogP contribution in [0.15, 0.2) is 60.7 Å². The second kappa shape index (κ2) is 8.07. The first-order valence-corrected chi connectivity index (χ1v) is 9.86. The topological polar surface area (TPSA) is 53.4 Å². The van der Waals surface area contributed by atoms with Crippen LogP contribution in [0, 0.1) is 0 Å². The van der Waals surface area contributed by atoms with Crippen LogP contribution in [-0.2, 0) is 11.0 Å². The van der Waals surface area contributed by atoms with Crippen molar-refractivity contribution in [2.45, 2.75) is 37.5 Å². The van der Waals surface area contributed by atoms with Crippen LogP contribution in [0.1, 0.15) is 42.1 Å². The van der Waals surface area contributed by atoms with Crippen molar-refractivity contribution in [2.75, 3.05) is 6.54 Å². The Labute approximate surface area is 172 Å². The number of rotatable bonds is 4. The first-order valence-electron chi connectivity index (χ1n) is 9.86. The first kappa shape index (κ1) is 20.3. The summed E-state index contributed by atoms with van der Waals surface area (Å²) in [6, 6.07) is 15.0. The Balaban J connectivity index is 1.82. The Morgan fingerprint density at radius 3 is 2.47 bits per heavy atom. The molecular formula is C23H21F3N2O2. The Morgan fingerprint density at radius 1 is 1.03 bits per heavy atom. The highest BCUT2D eigenvalue weighted by Crippen LogP contribution is 2.36. The summed E-state index contributed by atoms with van der Waals surface area (Å²) in [7, 11) is 0. The minimum Gasteiger partial charge on any atom is -0.480 e. The van der Waals surface area contributed by atoms with Crippen LogP contribution in [0.25, 0.3) is 10.9 Å². The minimum atomic E-state index is -4.43. The molecule has 0 bridgehead atoms. The predicted octanol–water partition coefficient (Wildman–Crippen LogP) is 5.28. The summed E-state index contributed by atoms with van der Waals surface area (Å²) in [5.74, 6) is -0.924. The van der Waals surface area contributed by atoms with Gasteiger partial charge in [0.1, 0.15) is 6.04 Å². The molecule has 4 nitrogen and oxygen atoms in total. The first-order chi connectivity index (χ1) is 14.3. The third-order valence-electron chi connectivity index (χ3n) is 5.61. The number of benzene rings is 2. The molecule has 2 aromatic carbocycles. The van der Waals surface area contributed by atoms with Gasteiger partial charge in [-0.3, -0.25) is 14.7 Å². The number of hydrogen-bond acceptors (Lipinski definition) is 3. The Morgan fingerprint density at radius 2 is 1.77 bits per heavy atom. The zero-order chi connectivity index (χ0) is 21.3. The highest BCUT2D eigenvalue weighted by molar-refractivity contribution is 5.78. The molecule has 1 saturated heterocycles. The van der Waals surface area contributed by atoms with Gasteiger partial charge in [-0.2, -0.15) is 13.2 Å². The fraction of sp³-hybridized carbons (Fsp3) is 0.304. The second-order valence-electron chi connectivity index (χ2n) is 7.54. The number of carboxylic acid groups (broad SMARTS) is 1. The van der Waals surface area contributed by atoms with E-state index in [1.807, 2.05) is 41.3 Å². The van der Waals surface area contributed by atoms with Crippen LogP contribution in [0.2, 0.25) is 0 Å². The Hall–Kier alpha value is -2.93. The standard InChI is InChI=1S/C23H21F3N2O2/c24-23(25,26)17-11-8-16(9-12-17)21(28-14-4-3-7-20(28)22(29)30)19-13-10-15-5-1-2-6-18(15)27-19/h1-2,5-6,8-13,20-21H,3-4,7,14H2,(H,29,30). The Bertz CT molecular complexity index is 1050. The predicted molar refractivity (Wildman–Crippen MR) is 107 cm³/mol. The third-order valence-corrected chi connectivity index (χ3v) is 5.61. The van der Waals surface area contributed by atoms with Crippen molar-refractivity contribution in [3.8, 4) is 0 Å². The molecular weight excluding hydrogens is 393 g/mol. The van der Waals surface area contributed by atoms with Crippen LogP contribution in [0.5, 0.6) is 0 Å². The highest BCUT2D eigenvalue weighted by Gasteiger charge is 2.36. The molecule has 4 rings (SSSR count). The van der Waals surface area contributed by atoms with Crippen LogP contribution in [-0.4, -0.2) is 33.5 Å². The molecule has 0 spiro atoms. The molecule has 1 fully saturated rings. The monoisotopic (exact) mass is 414 g/mol. The average molecular weight is 414 g/mol. The number of carbonyl (C=O) groups is 1. The molecule has 2 unspecified atom stereocenters. The van der Waals surface area contributed by atoms with Gasteiger partial charge in [0.25, 0.3) is 0 Å². The van der Waals surface area contributed by atoms with Gasteiger partial charge < -0.3 is 5.11 Å². The number of aromatic nitrogens is 1. The summed E-state index contributed by atoms with van der Waals surface area (Å²) in [6.07, 6.45) is -2.29. The molecule has 0 saturated carbocycles. The molecule has 1 N–H and O–H groups in total. The zero-order valence-corrected chi connectivity index (χ0v) is 16.1. The lowest BCUT2D eigenvalue weighted by Crippen LogP contribution is -2.47. The highest BCUT2D eigenvalue weighted by atomic mass is 19.4. The van der Waals surface area contributed by atoms with Crippen molar-refractivity contribution in [1.82, 2.24) is 9.88 Å². The average Bonchev–Trinajstić information content (AvgIpc) is 2.74. The fourth-order valence-electron chi connectivity index (χ4n) is 4.15. The van der Waals surface area contributed by atoms with Gasteiger partial charge in [-0.05, 0) is 49.2 Å². The van der Waals surface area contributed by atoms with E-state index in [1.165, 1.54) is 12.1 Å². The molecule has 0 aliphatic carbocycles. The van der Waals surface area contributed by atoms with Gasteiger partial charge in [0, 0.05) is 5.39 Å². The van der Waals surface area contributed by atoms with Crippen LogP contribution < -0.4 is 0 Å². The number of likely N-dealkylation sites (tertiary alicyclic amines) is 1. The van der Waals surface area contributed by atoms with Crippen molar-refractivity contribution in [3.05, 3.63) is 77.5 Å². The minimum absolute atomic E-state index is 0.500. The maximum atomic E-state index is 13.0. The molecule has 0 radical (unpaired) electrons. The zero-order valence-electron chi connectivity index (χ0n) is 16.1. The van der Waals surface area contributed by atoms with E-state index >= 15 is 0 Å². The second-order valence-corrected chi connectivity index (χ2v) is 7.54. The molecule has 1 aromatic heterocycles. The lowest BCUT2D eigenvalue weighted by molar-refractivity contribution is -0.145. The van der Waals surface area contributed by atoms with Crippen molar-refractivity contribution in [3.63, 3.8) is 0 Å². The normalized spacial score (nSPS) is 19.0. The Kier molecular flexibility index (Phi) is 5.47. The van der Waals surface area contributed by atoms with Crippen molar-refractivity contribution >= 4 is 16.9 Å². The number of hydrogen-bond donors (Lipinski definition) is 1. The molecule has 2 heterocycles. The lowest BCUT2D eigenvalue weighted by Gasteiger charge is -2.39. The van der Waals surface area contributed by atoms with E-state index in [0.717, 1.165) is 35.9 Å². The molecule has 2 atom stereocenters. The van der Waals surface area contributed by atoms with E-state index in [4.69, 9.17) is 4.98 Å². The summed E-state index contributed by atoms with van der Waals surface area (Å²) in [5, 5.41) is 10.7. The van der Waals surface area contributed by atoms with Crippen molar-refractivity contribution < 1.29 is 23.1 Å². The lowest BCUT2D eigenvalue weighted by atomic mass is 9.93. The summed E-state index contributed by atoms with van der Waals surface area (Å²) in [4.78, 5) is 18.5. The van der Waals surface area contributed by atoms with Gasteiger partial charge in [0.15, 0.2) is 0 Å². The summed E-state index contributed by atoms with van der Waals surface area (Å²) in [5.41, 5.74) is 1.25. The fourth-order valence-corrected chi connectivity index (χ4v) is 4.15. The molecule has 0 amide bonds. The van der Waals surface area contributed by atoms with Gasteiger partial charge in [0.05, 0.1) is 22.8 Å². The number of para-hydroxylation sites is 1. The summed E-state index contributed by atoms with van der Waals surface area (Å²) in [6.45, 7) is 0.539. The van der Waals surface area contributed by atoms with E-state index < -0.39 is 29.8 Å². The van der Waals surface area contributed by atoms with Gasteiger partial charge in [-0.15, -0.1) is 0 Å². The number of alkyl halides is 3. The summed E-state index contributed by atoms with van der Waals surface area (Å²) >= 11 is 0. The number of pyridine rings is 1. The molecule has 1 aliphatic rings. The largest absolute Gasteiger partial charge is 0.480 e. The van der Waals surface area contributed by atoms with E-state index in [2.05, 4.69) is 0 Å². The maximum Gasteiger partial charge on any atom is 0.416 e. The number of aliphatic carboxylic acids is 1. The number of fused-ring (bicyclic) bond motifs is 1. The number of carboxylic acids is 1. The van der Waals surface area contributed by atoms with Gasteiger partial charge >= 0.3 is 12.1 Å². The number of piperidine rings is 1. The molecule has 156 valence electrons. The smallest absolute Gasteiger partial charge is 0.416 e. The maximum absolute atomic E-state index is 13.0. The SMILES string of the molecule is O=C(O)C1CCCCN1C(c1ccc(C(F)(F)F)cc1)c1ccc2ccccc2n1. The van der Waals surface area contributed by atoms with Crippen molar-refractivity contribution in [2.24, 2.45) is 0 Å². The molecule has 1 aliphatic heterocycles. The van der Waals surface area contributed by atoms with E-state index in [-0.39, 0.29) is 0 Å². The van der Waals surface area contributed by atoms with Gasteiger partial charge in [-0.1, -0.05) is 42.8 Å². The number of halogens is 3. The van der Waals surface area contributed by atoms with E-state index in [0.29, 0.717) is 24.2 Å².